The second kappa shape index (κ2) is 15.9. The van der Waals surface area contributed by atoms with Crippen LogP contribution in [0.2, 0.25) is 0 Å². The number of carbonyl (C=O) groups excluding carboxylic acids is 2. The highest BCUT2D eigenvalue weighted by molar-refractivity contribution is 7.83. The number of aromatic amines is 1. The first kappa shape index (κ1) is 35.0. The lowest BCUT2D eigenvalue weighted by Crippen LogP contribution is -2.07. The Hall–Kier alpha value is -4.17. The van der Waals surface area contributed by atoms with Crippen molar-refractivity contribution >= 4 is 44.7 Å². The van der Waals surface area contributed by atoms with Gasteiger partial charge in [-0.15, -0.1) is 0 Å². The molecule has 0 amide bonds. The summed E-state index contributed by atoms with van der Waals surface area (Å²) >= 11 is 0. The van der Waals surface area contributed by atoms with Crippen LogP contribution in [0.3, 0.4) is 0 Å². The van der Waals surface area contributed by atoms with Gasteiger partial charge in [-0.3, -0.25) is 3.97 Å². The van der Waals surface area contributed by atoms with Gasteiger partial charge in [0.25, 0.3) is 0 Å². The van der Waals surface area contributed by atoms with E-state index in [9.17, 15) is 13.8 Å². The molecule has 5 aromatic rings. The van der Waals surface area contributed by atoms with Crippen molar-refractivity contribution in [3.05, 3.63) is 100 Å². The van der Waals surface area contributed by atoms with Crippen LogP contribution < -0.4 is 0 Å². The molecular formula is C35H44N2O5S. The van der Waals surface area contributed by atoms with Crippen molar-refractivity contribution in [1.29, 1.82) is 0 Å². The SMILES string of the molecule is C.CC.CCOC(=O)c1ccc2[nH]c(C)c(C)c2c1.CCOC(=O)c1ccc2c(c1)c(C)c(C)n2S(=O)c1ccccc1. The van der Waals surface area contributed by atoms with Crippen molar-refractivity contribution in [1.82, 2.24) is 8.96 Å². The van der Waals surface area contributed by atoms with E-state index in [1.807, 2.05) is 107 Å². The Morgan fingerprint density at radius 2 is 1.30 bits per heavy atom. The van der Waals surface area contributed by atoms with Gasteiger partial charge in [0.15, 0.2) is 11.0 Å². The van der Waals surface area contributed by atoms with Gasteiger partial charge in [0.1, 0.15) is 0 Å². The minimum Gasteiger partial charge on any atom is -0.462 e. The number of nitrogens with zero attached hydrogens (tertiary/aromatic N) is 1. The molecule has 8 heteroatoms. The first-order valence-electron chi connectivity index (χ1n) is 14.2. The molecule has 0 spiro atoms. The number of hydrogen-bond acceptors (Lipinski definition) is 5. The second-order valence-corrected chi connectivity index (χ2v) is 10.7. The first-order valence-corrected chi connectivity index (χ1v) is 15.3. The van der Waals surface area contributed by atoms with Crippen LogP contribution in [0.25, 0.3) is 21.8 Å². The summed E-state index contributed by atoms with van der Waals surface area (Å²) in [5, 5.41) is 2.00. The highest BCUT2D eigenvalue weighted by Gasteiger charge is 2.18. The highest BCUT2D eigenvalue weighted by Crippen LogP contribution is 2.29. The van der Waals surface area contributed by atoms with Crippen molar-refractivity contribution in [2.24, 2.45) is 0 Å². The van der Waals surface area contributed by atoms with Crippen LogP contribution in [0.1, 0.15) is 78.4 Å². The van der Waals surface area contributed by atoms with Crippen LogP contribution in [-0.2, 0) is 20.5 Å². The zero-order valence-electron chi connectivity index (χ0n) is 25.7. The normalized spacial score (nSPS) is 11.0. The van der Waals surface area contributed by atoms with Gasteiger partial charge in [-0.25, -0.2) is 13.8 Å². The van der Waals surface area contributed by atoms with Gasteiger partial charge in [-0.05, 0) is 101 Å². The lowest BCUT2D eigenvalue weighted by molar-refractivity contribution is 0.0517. The maximum atomic E-state index is 13.0. The lowest BCUT2D eigenvalue weighted by atomic mass is 10.1. The molecule has 0 aliphatic heterocycles. The summed E-state index contributed by atoms with van der Waals surface area (Å²) in [6.45, 7) is 16.3. The minimum atomic E-state index is -1.33. The molecule has 1 atom stereocenters. The zero-order valence-corrected chi connectivity index (χ0v) is 26.5. The monoisotopic (exact) mass is 604 g/mol. The van der Waals surface area contributed by atoms with Gasteiger partial charge in [-0.2, -0.15) is 0 Å². The van der Waals surface area contributed by atoms with Crippen molar-refractivity contribution in [2.75, 3.05) is 13.2 Å². The van der Waals surface area contributed by atoms with E-state index in [-0.39, 0.29) is 19.4 Å². The zero-order chi connectivity index (χ0) is 31.0. The standard InChI is InChI=1S/C19H19NO3S.C13H15NO2.C2H6.CH4/c1-4-23-19(21)15-10-11-18-17(12-15)13(2)14(3)20(18)24(22)16-8-6-5-7-9-16;1-4-16-13(15)10-5-6-12-11(7-10)8(2)9(3)14-12;1-2;/h5-12H,4H2,1-3H3;5-7,14H,4H2,1-3H3;1-2H3;1H4. The van der Waals surface area contributed by atoms with Crippen LogP contribution in [0, 0.1) is 27.7 Å². The van der Waals surface area contributed by atoms with E-state index in [1.165, 1.54) is 5.56 Å². The summed E-state index contributed by atoms with van der Waals surface area (Å²) in [6.07, 6.45) is 0. The molecular weight excluding hydrogens is 560 g/mol. The second-order valence-electron chi connectivity index (χ2n) is 9.38. The summed E-state index contributed by atoms with van der Waals surface area (Å²) in [7, 11) is -1.33. The van der Waals surface area contributed by atoms with Crippen LogP contribution in [-0.4, -0.2) is 38.3 Å². The van der Waals surface area contributed by atoms with Gasteiger partial charge >= 0.3 is 11.9 Å². The van der Waals surface area contributed by atoms with Gasteiger partial charge in [0.2, 0.25) is 0 Å². The summed E-state index contributed by atoms with van der Waals surface area (Å²) < 4.78 is 24.9. The molecule has 7 nitrogen and oxygen atoms in total. The number of ether oxygens (including phenoxy) is 2. The molecule has 0 bridgehead atoms. The van der Waals surface area contributed by atoms with E-state index < -0.39 is 11.0 Å². The Bertz CT molecular complexity index is 1720. The van der Waals surface area contributed by atoms with Crippen LogP contribution in [0.4, 0.5) is 0 Å². The third kappa shape index (κ3) is 7.62. The Labute approximate surface area is 257 Å². The van der Waals surface area contributed by atoms with Crippen molar-refractivity contribution < 1.29 is 23.3 Å². The average molecular weight is 605 g/mol. The first-order chi connectivity index (χ1) is 20.2. The quantitative estimate of drug-likeness (QED) is 0.196. The molecule has 0 radical (unpaired) electrons. The summed E-state index contributed by atoms with van der Waals surface area (Å²) in [5.41, 5.74) is 7.28. The fourth-order valence-corrected chi connectivity index (χ4v) is 5.87. The fraction of sp³-hybridized carbons (Fsp3) is 0.314. The summed E-state index contributed by atoms with van der Waals surface area (Å²) in [5.74, 6) is -0.601. The molecule has 1 unspecified atom stereocenters. The number of hydrogen-bond donors (Lipinski definition) is 1. The number of esters is 2. The Morgan fingerprint density at radius 3 is 1.86 bits per heavy atom. The summed E-state index contributed by atoms with van der Waals surface area (Å²) in [6, 6.07) is 20.3. The molecule has 0 aliphatic rings. The minimum absolute atomic E-state index is 0. The van der Waals surface area contributed by atoms with Gasteiger partial charge < -0.3 is 14.5 Å². The van der Waals surface area contributed by atoms with Crippen molar-refractivity contribution in [3.8, 4) is 0 Å². The number of nitrogens with one attached hydrogen (secondary N) is 1. The number of benzene rings is 3. The predicted molar refractivity (Wildman–Crippen MR) is 177 cm³/mol. The van der Waals surface area contributed by atoms with Gasteiger partial charge in [0.05, 0.1) is 34.8 Å². The average Bonchev–Trinajstić information content (AvgIpc) is 3.44. The number of fused-ring (bicyclic) bond motifs is 2. The van der Waals surface area contributed by atoms with Crippen molar-refractivity contribution in [2.45, 2.75) is 67.7 Å². The Kier molecular flexibility index (Phi) is 12.9. The van der Waals surface area contributed by atoms with Crippen LogP contribution >= 0.6 is 0 Å². The Morgan fingerprint density at radius 1 is 0.767 bits per heavy atom. The third-order valence-electron chi connectivity index (χ3n) is 6.91. The molecule has 2 heterocycles. The van der Waals surface area contributed by atoms with Crippen molar-refractivity contribution in [3.63, 3.8) is 0 Å². The maximum absolute atomic E-state index is 13.0. The van der Waals surface area contributed by atoms with E-state index in [0.717, 1.165) is 43.7 Å². The highest BCUT2D eigenvalue weighted by atomic mass is 32.2. The smallest absolute Gasteiger partial charge is 0.338 e. The maximum Gasteiger partial charge on any atom is 0.338 e. The van der Waals surface area contributed by atoms with E-state index in [4.69, 9.17) is 9.47 Å². The molecule has 0 saturated heterocycles. The predicted octanol–water partition coefficient (Wildman–Crippen LogP) is 8.63. The van der Waals surface area contributed by atoms with E-state index >= 15 is 0 Å². The molecule has 0 fully saturated rings. The van der Waals surface area contributed by atoms with Gasteiger partial charge in [-0.1, -0.05) is 39.5 Å². The molecule has 0 saturated carbocycles. The topological polar surface area (TPSA) is 90.4 Å². The molecule has 2 aromatic heterocycles. The van der Waals surface area contributed by atoms with E-state index in [0.29, 0.717) is 24.3 Å². The molecule has 0 aliphatic carbocycles. The van der Waals surface area contributed by atoms with Gasteiger partial charge in [0, 0.05) is 27.7 Å². The molecule has 5 rings (SSSR count). The largest absolute Gasteiger partial charge is 0.462 e. The van der Waals surface area contributed by atoms with Crippen LogP contribution in [0.15, 0.2) is 71.6 Å². The number of H-pyrrole nitrogens is 1. The molecule has 1 N–H and O–H groups in total. The number of carbonyl (C=O) groups is 2. The van der Waals surface area contributed by atoms with E-state index in [2.05, 4.69) is 4.98 Å². The number of aromatic nitrogens is 2. The summed E-state index contributed by atoms with van der Waals surface area (Å²) in [4.78, 5) is 27.5. The molecule has 3 aromatic carbocycles. The van der Waals surface area contributed by atoms with E-state index in [1.54, 1.807) is 19.1 Å². The number of aryl methyl sites for hydroxylation is 3. The number of rotatable bonds is 6. The Balaban J connectivity index is 0.000000297. The fourth-order valence-electron chi connectivity index (χ4n) is 4.54. The molecule has 230 valence electrons. The molecule has 43 heavy (non-hydrogen) atoms. The van der Waals surface area contributed by atoms with Crippen LogP contribution in [0.5, 0.6) is 0 Å². The lowest BCUT2D eigenvalue weighted by Gasteiger charge is -2.08. The third-order valence-corrected chi connectivity index (χ3v) is 8.39.